The number of nitrogens with zero attached hydrogens (tertiary/aromatic N) is 1. The minimum Gasteiger partial charge on any atom is -1.00 e. The second-order valence-corrected chi connectivity index (χ2v) is 13.3. The van der Waals surface area contributed by atoms with E-state index in [2.05, 4.69) is 80.5 Å². The van der Waals surface area contributed by atoms with Gasteiger partial charge < -0.3 is 27.0 Å². The van der Waals surface area contributed by atoms with E-state index in [4.69, 9.17) is 4.74 Å². The molecule has 0 saturated heterocycles. The highest BCUT2D eigenvalue weighted by atomic mass is 79.9. The maximum atomic E-state index is 12.9. The van der Waals surface area contributed by atoms with Crippen molar-refractivity contribution in [3.63, 3.8) is 0 Å². The summed E-state index contributed by atoms with van der Waals surface area (Å²) in [4.78, 5) is 14.2. The van der Waals surface area contributed by atoms with E-state index in [0.29, 0.717) is 6.42 Å². The summed E-state index contributed by atoms with van der Waals surface area (Å²) < 4.78 is 8.43. The number of thiazole rings is 1. The van der Waals surface area contributed by atoms with Gasteiger partial charge in [-0.3, -0.25) is 4.79 Å². The molecule has 1 amide bonds. The maximum Gasteiger partial charge on any atom is 0.228 e. The minimum absolute atomic E-state index is 0. The molecule has 0 bridgehead atoms. The molecule has 0 aliphatic rings. The average Bonchev–Trinajstić information content (AvgIpc) is 3.31. The smallest absolute Gasteiger partial charge is 0.228 e. The largest absolute Gasteiger partial charge is 1.00 e. The van der Waals surface area contributed by atoms with Gasteiger partial charge in [-0.1, -0.05) is 121 Å². The van der Waals surface area contributed by atoms with Gasteiger partial charge in [-0.15, -0.1) is 0 Å². The molecule has 226 valence electrons. The normalized spacial score (nSPS) is 11.2. The van der Waals surface area contributed by atoms with Crippen LogP contribution >= 0.6 is 11.3 Å². The van der Waals surface area contributed by atoms with Crippen molar-refractivity contribution in [1.82, 2.24) is 0 Å². The number of hydrogen-bond acceptors (Lipinski definition) is 3. The van der Waals surface area contributed by atoms with Gasteiger partial charge in [0.15, 0.2) is 12.7 Å². The average molecular weight is 644 g/mol. The fraction of sp³-hybridized carbons (Fsp3) is 0.543. The third kappa shape index (κ3) is 13.1. The number of ether oxygens (including phenoxy) is 1. The van der Waals surface area contributed by atoms with Gasteiger partial charge in [0.05, 0.1) is 17.9 Å². The molecule has 1 N–H and O–H groups in total. The SMILES string of the molecule is CCCCCCCCCCCCOc1ccc(CC(=O)Nc2cccc(C[n+]3csc(C)c3)c2)cc1C(C)(C)C.[Br-]. The van der Waals surface area contributed by atoms with E-state index < -0.39 is 0 Å². The molecule has 0 unspecified atom stereocenters. The van der Waals surface area contributed by atoms with Crippen molar-refractivity contribution >= 4 is 22.9 Å². The molecule has 0 aliphatic heterocycles. The van der Waals surface area contributed by atoms with Crippen LogP contribution in [0.25, 0.3) is 0 Å². The molecule has 4 nitrogen and oxygen atoms in total. The monoisotopic (exact) mass is 642 g/mol. The predicted molar refractivity (Wildman–Crippen MR) is 170 cm³/mol. The predicted octanol–water partition coefficient (Wildman–Crippen LogP) is 6.17. The molecule has 3 rings (SSSR count). The highest BCUT2D eigenvalue weighted by molar-refractivity contribution is 7.09. The lowest BCUT2D eigenvalue weighted by molar-refractivity contribution is -0.683. The first-order valence-corrected chi connectivity index (χ1v) is 16.2. The fourth-order valence-corrected chi connectivity index (χ4v) is 5.68. The van der Waals surface area contributed by atoms with Crippen LogP contribution in [0.15, 0.2) is 54.2 Å². The zero-order valence-corrected chi connectivity index (χ0v) is 28.3. The summed E-state index contributed by atoms with van der Waals surface area (Å²) in [5.74, 6) is 0.941. The highest BCUT2D eigenvalue weighted by Gasteiger charge is 2.20. The number of hydrogen-bond donors (Lipinski definition) is 1. The summed E-state index contributed by atoms with van der Waals surface area (Å²) in [7, 11) is 0. The Morgan fingerprint density at radius 2 is 1.59 bits per heavy atom. The molecule has 1 heterocycles. The van der Waals surface area contributed by atoms with E-state index in [1.807, 2.05) is 18.2 Å². The van der Waals surface area contributed by atoms with E-state index in [-0.39, 0.29) is 28.3 Å². The number of anilines is 1. The first kappa shape index (κ1) is 35.0. The van der Waals surface area contributed by atoms with Gasteiger partial charge in [0, 0.05) is 11.3 Å². The summed E-state index contributed by atoms with van der Waals surface area (Å²) in [6.07, 6.45) is 15.7. The highest BCUT2D eigenvalue weighted by Crippen LogP contribution is 2.32. The minimum atomic E-state index is -0.0639. The molecule has 6 heteroatoms. The second-order valence-electron chi connectivity index (χ2n) is 12.2. The Balaban J connectivity index is 0.00000588. The van der Waals surface area contributed by atoms with E-state index in [0.717, 1.165) is 42.1 Å². The summed E-state index contributed by atoms with van der Waals surface area (Å²) in [5.41, 5.74) is 6.23. The van der Waals surface area contributed by atoms with Gasteiger partial charge in [-0.25, -0.2) is 0 Å². The quantitative estimate of drug-likeness (QED) is 0.141. The van der Waals surface area contributed by atoms with Crippen LogP contribution in [-0.4, -0.2) is 12.5 Å². The zero-order valence-electron chi connectivity index (χ0n) is 25.9. The van der Waals surface area contributed by atoms with E-state index >= 15 is 0 Å². The number of unbranched alkanes of at least 4 members (excludes halogenated alkanes) is 9. The molecule has 1 aromatic heterocycles. The van der Waals surface area contributed by atoms with Crippen LogP contribution in [0.4, 0.5) is 5.69 Å². The summed E-state index contributed by atoms with van der Waals surface area (Å²) in [6, 6.07) is 14.4. The Morgan fingerprint density at radius 3 is 2.22 bits per heavy atom. The topological polar surface area (TPSA) is 42.2 Å². The Morgan fingerprint density at radius 1 is 0.902 bits per heavy atom. The first-order chi connectivity index (χ1) is 19.2. The molecule has 0 saturated carbocycles. The Kier molecular flexibility index (Phi) is 15.7. The summed E-state index contributed by atoms with van der Waals surface area (Å²) >= 11 is 1.74. The number of halogens is 1. The van der Waals surface area contributed by atoms with Gasteiger partial charge in [-0.05, 0) is 48.1 Å². The van der Waals surface area contributed by atoms with Crippen LogP contribution in [0.1, 0.15) is 113 Å². The van der Waals surface area contributed by atoms with Gasteiger partial charge in [0.2, 0.25) is 11.4 Å². The number of aromatic nitrogens is 1. The van der Waals surface area contributed by atoms with Crippen molar-refractivity contribution in [2.45, 2.75) is 117 Å². The van der Waals surface area contributed by atoms with E-state index in [1.165, 1.54) is 68.2 Å². The summed E-state index contributed by atoms with van der Waals surface area (Å²) in [6.45, 7) is 12.5. The molecule has 41 heavy (non-hydrogen) atoms. The zero-order chi connectivity index (χ0) is 28.8. The van der Waals surface area contributed by atoms with Crippen molar-refractivity contribution < 1.29 is 31.1 Å². The fourth-order valence-electron chi connectivity index (χ4n) is 5.05. The molecule has 0 aliphatic carbocycles. The van der Waals surface area contributed by atoms with Crippen molar-refractivity contribution in [3.05, 3.63) is 75.7 Å². The third-order valence-corrected chi connectivity index (χ3v) is 8.12. The van der Waals surface area contributed by atoms with Crippen LogP contribution in [0.5, 0.6) is 5.75 Å². The lowest BCUT2D eigenvalue weighted by Crippen LogP contribution is -3.00. The molecule has 3 aromatic rings. The van der Waals surface area contributed by atoms with Crippen molar-refractivity contribution in [3.8, 4) is 5.75 Å². The van der Waals surface area contributed by atoms with Crippen LogP contribution in [-0.2, 0) is 23.2 Å². The number of nitrogens with one attached hydrogen (secondary N) is 1. The molecular formula is C35H51BrN2O2S. The lowest BCUT2D eigenvalue weighted by atomic mass is 9.85. The Labute approximate surface area is 263 Å². The third-order valence-electron chi connectivity index (χ3n) is 7.27. The number of benzene rings is 2. The van der Waals surface area contributed by atoms with Crippen molar-refractivity contribution in [2.75, 3.05) is 11.9 Å². The van der Waals surface area contributed by atoms with Gasteiger partial charge in [0.1, 0.15) is 5.75 Å². The van der Waals surface area contributed by atoms with Crippen LogP contribution in [0.3, 0.4) is 0 Å². The van der Waals surface area contributed by atoms with E-state index in [9.17, 15) is 4.79 Å². The van der Waals surface area contributed by atoms with Crippen molar-refractivity contribution in [1.29, 1.82) is 0 Å². The standard InChI is InChI=1S/C35H50N2O2S.BrH/c1-6-7-8-9-10-11-12-13-14-15-21-39-33-20-19-29(23-32(33)35(3,4)5)24-34(38)36-31-18-16-17-30(22-31)26-37-25-28(2)40-27-37;/h16-20,22-23,25,27H,6-15,21,24,26H2,1-5H3;1H. The van der Waals surface area contributed by atoms with Gasteiger partial charge in [-0.2, -0.15) is 4.57 Å². The van der Waals surface area contributed by atoms with Crippen molar-refractivity contribution in [2.24, 2.45) is 0 Å². The Hall–Kier alpha value is -2.18. The maximum absolute atomic E-state index is 12.9. The number of carbonyl (C=O) groups excluding carboxylic acids is 1. The first-order valence-electron chi connectivity index (χ1n) is 15.3. The lowest BCUT2D eigenvalue weighted by Gasteiger charge is -2.24. The van der Waals surface area contributed by atoms with Crippen LogP contribution < -0.4 is 31.6 Å². The van der Waals surface area contributed by atoms with Gasteiger partial charge >= 0.3 is 0 Å². The number of amides is 1. The number of rotatable bonds is 17. The number of aryl methyl sites for hydroxylation is 1. The van der Waals surface area contributed by atoms with Crippen LogP contribution in [0.2, 0.25) is 0 Å². The Bertz CT molecular complexity index is 1180. The van der Waals surface area contributed by atoms with Crippen LogP contribution in [0, 0.1) is 6.92 Å². The number of carbonyl (C=O) groups is 1. The summed E-state index contributed by atoms with van der Waals surface area (Å²) in [5, 5.41) is 3.09. The molecule has 0 spiro atoms. The molecular weight excluding hydrogens is 592 g/mol. The molecule has 0 fully saturated rings. The molecule has 0 atom stereocenters. The molecule has 2 aromatic carbocycles. The van der Waals surface area contributed by atoms with E-state index in [1.54, 1.807) is 11.3 Å². The molecule has 0 radical (unpaired) electrons. The second kappa shape index (κ2) is 18.4. The van der Waals surface area contributed by atoms with Gasteiger partial charge in [0.25, 0.3) is 0 Å².